The lowest BCUT2D eigenvalue weighted by Crippen LogP contribution is -2.56. The summed E-state index contributed by atoms with van der Waals surface area (Å²) < 4.78 is 51.1. The van der Waals surface area contributed by atoms with Crippen LogP contribution in [0.3, 0.4) is 0 Å². The highest BCUT2D eigenvalue weighted by atomic mass is 35.5. The van der Waals surface area contributed by atoms with Gasteiger partial charge in [-0.15, -0.1) is 0 Å². The molecular weight excluding hydrogens is 643 g/mol. The topological polar surface area (TPSA) is 79.1 Å². The lowest BCUT2D eigenvalue weighted by atomic mass is 10.0. The van der Waals surface area contributed by atoms with E-state index in [2.05, 4.69) is 31.3 Å². The van der Waals surface area contributed by atoms with Crippen LogP contribution in [0.5, 0.6) is 6.01 Å². The molecule has 2 bridgehead atoms. The van der Waals surface area contributed by atoms with Crippen molar-refractivity contribution in [2.24, 2.45) is 5.92 Å². The number of fused-ring (bicyclic) bond motifs is 4. The van der Waals surface area contributed by atoms with Crippen LogP contribution in [-0.2, 0) is 4.79 Å². The molecular formula is C35H33ClF3N7O2. The van der Waals surface area contributed by atoms with Crippen LogP contribution in [-0.4, -0.2) is 88.6 Å². The molecule has 0 N–H and O–H groups in total. The van der Waals surface area contributed by atoms with Gasteiger partial charge in [0.05, 0.1) is 17.0 Å². The molecule has 2 aromatic carbocycles. The molecule has 48 heavy (non-hydrogen) atoms. The molecule has 2 saturated heterocycles. The maximum Gasteiger partial charge on any atom is 0.319 e. The molecule has 1 amide bonds. The van der Waals surface area contributed by atoms with Gasteiger partial charge < -0.3 is 19.4 Å². The van der Waals surface area contributed by atoms with Crippen molar-refractivity contribution in [1.82, 2.24) is 24.8 Å². The number of hydrogen-bond acceptors (Lipinski definition) is 7. The number of carbonyl (C=O) groups excluding carboxylic acids is 1. The Bertz CT molecular complexity index is 1970. The lowest BCUT2D eigenvalue weighted by Gasteiger charge is -2.39. The number of rotatable bonds is 9. The van der Waals surface area contributed by atoms with Crippen LogP contribution in [0, 0.1) is 24.1 Å². The number of hydrogen-bond donors (Lipinski definition) is 0. The molecule has 7 rings (SSSR count). The Kier molecular flexibility index (Phi) is 8.83. The molecule has 3 aliphatic rings. The highest BCUT2D eigenvalue weighted by Crippen LogP contribution is 2.39. The third-order valence-electron chi connectivity index (χ3n) is 9.75. The predicted molar refractivity (Wildman–Crippen MR) is 177 cm³/mol. The minimum absolute atomic E-state index is 0.0316. The number of aromatic nitrogens is 3. The first-order chi connectivity index (χ1) is 23.2. The van der Waals surface area contributed by atoms with Crippen molar-refractivity contribution < 1.29 is 22.7 Å². The van der Waals surface area contributed by atoms with Gasteiger partial charge in [0.15, 0.2) is 11.6 Å². The van der Waals surface area contributed by atoms with E-state index in [1.807, 2.05) is 4.90 Å². The molecule has 3 fully saturated rings. The van der Waals surface area contributed by atoms with Crippen molar-refractivity contribution in [3.63, 3.8) is 0 Å². The van der Waals surface area contributed by atoms with Gasteiger partial charge in [0, 0.05) is 55.9 Å². The van der Waals surface area contributed by atoms with Crippen LogP contribution in [0.25, 0.3) is 37.8 Å². The molecule has 2 aromatic heterocycles. The molecule has 0 spiro atoms. The summed E-state index contributed by atoms with van der Waals surface area (Å²) in [6, 6.07) is 7.87. The van der Waals surface area contributed by atoms with E-state index in [1.54, 1.807) is 24.3 Å². The number of pyridine rings is 1. The molecule has 2 aliphatic heterocycles. The Morgan fingerprint density at radius 3 is 2.75 bits per heavy atom. The molecule has 3 atom stereocenters. The Morgan fingerprint density at radius 1 is 1.15 bits per heavy atom. The number of amides is 1. The number of halogens is 4. The van der Waals surface area contributed by atoms with Crippen LogP contribution in [0.2, 0.25) is 5.02 Å². The maximum absolute atomic E-state index is 16.7. The van der Waals surface area contributed by atoms with E-state index in [4.69, 9.17) is 22.9 Å². The summed E-state index contributed by atoms with van der Waals surface area (Å²) in [4.78, 5) is 35.2. The highest BCUT2D eigenvalue weighted by molar-refractivity contribution is 6.36. The van der Waals surface area contributed by atoms with Gasteiger partial charge in [0.25, 0.3) is 5.91 Å². The third-order valence-corrected chi connectivity index (χ3v) is 10.1. The predicted octanol–water partition coefficient (Wildman–Crippen LogP) is 6.45. The zero-order chi connectivity index (χ0) is 33.5. The van der Waals surface area contributed by atoms with Crippen LogP contribution < -0.4 is 9.64 Å². The Morgan fingerprint density at radius 2 is 2.00 bits per heavy atom. The van der Waals surface area contributed by atoms with Crippen LogP contribution >= 0.6 is 11.6 Å². The van der Waals surface area contributed by atoms with Gasteiger partial charge in [-0.1, -0.05) is 42.4 Å². The minimum Gasteiger partial charge on any atom is -0.463 e. The summed E-state index contributed by atoms with van der Waals surface area (Å²) in [6.45, 7) is 13.2. The number of piperazine rings is 1. The largest absolute Gasteiger partial charge is 0.463 e. The number of piperidine rings is 1. The molecule has 0 radical (unpaired) electrons. The number of benzene rings is 2. The van der Waals surface area contributed by atoms with E-state index in [0.717, 1.165) is 25.4 Å². The average molecular weight is 676 g/mol. The van der Waals surface area contributed by atoms with Crippen LogP contribution in [0.4, 0.5) is 19.0 Å². The van der Waals surface area contributed by atoms with Crippen molar-refractivity contribution >= 4 is 45.0 Å². The lowest BCUT2D eigenvalue weighted by molar-refractivity contribution is -0.131. The third kappa shape index (κ3) is 5.90. The fraction of sp³-hybridized carbons (Fsp3) is 0.400. The number of ether oxygens (including phenoxy) is 1. The number of anilines is 1. The second-order valence-corrected chi connectivity index (χ2v) is 13.0. The van der Waals surface area contributed by atoms with Gasteiger partial charge in [0.2, 0.25) is 6.54 Å². The van der Waals surface area contributed by atoms with Crippen molar-refractivity contribution in [2.75, 3.05) is 50.8 Å². The molecule has 248 valence electrons. The number of nitrogens with zero attached hydrogens (tertiary/aromatic N) is 7. The molecule has 1 aliphatic carbocycles. The normalized spacial score (nSPS) is 20.9. The summed E-state index contributed by atoms with van der Waals surface area (Å²) >= 11 is 6.38. The number of carbonyl (C=O) groups is 1. The van der Waals surface area contributed by atoms with E-state index in [0.29, 0.717) is 34.8 Å². The van der Waals surface area contributed by atoms with E-state index in [-0.39, 0.29) is 53.8 Å². The highest BCUT2D eigenvalue weighted by Gasteiger charge is 2.37. The van der Waals surface area contributed by atoms with E-state index >= 15 is 4.39 Å². The van der Waals surface area contributed by atoms with Crippen LogP contribution in [0.15, 0.2) is 48.9 Å². The molecule has 0 unspecified atom stereocenters. The fourth-order valence-corrected chi connectivity index (χ4v) is 7.76. The van der Waals surface area contributed by atoms with Gasteiger partial charge in [-0.2, -0.15) is 9.97 Å². The second kappa shape index (κ2) is 13.2. The molecule has 1 saturated carbocycles. The second-order valence-electron chi connectivity index (χ2n) is 12.7. The van der Waals surface area contributed by atoms with Gasteiger partial charge in [0.1, 0.15) is 28.9 Å². The van der Waals surface area contributed by atoms with E-state index in [1.165, 1.54) is 36.4 Å². The maximum atomic E-state index is 16.7. The van der Waals surface area contributed by atoms with Gasteiger partial charge >= 0.3 is 6.01 Å². The first-order valence-corrected chi connectivity index (χ1v) is 16.4. The van der Waals surface area contributed by atoms with E-state index in [9.17, 15) is 13.6 Å². The van der Waals surface area contributed by atoms with Gasteiger partial charge in [-0.3, -0.25) is 14.7 Å². The molecule has 4 heterocycles. The summed E-state index contributed by atoms with van der Waals surface area (Å²) in [5.41, 5.74) is 0.177. The SMILES string of the molecule is [C-]#[N+]C[C@H]1CN(c2nc(OCCCN3C[C@H]4CC[C@@H]3C4)nc3c(F)c(-c4cccc5ccc(F)c(Cl)c45)ncc23)CCN1C(=O)C(=C)F. The Hall–Kier alpha value is -4.47. The molecule has 4 aromatic rings. The number of likely N-dealkylation sites (tertiary alicyclic amines) is 1. The van der Waals surface area contributed by atoms with Gasteiger partial charge in [-0.05, 0) is 43.1 Å². The summed E-state index contributed by atoms with van der Waals surface area (Å²) in [6.07, 6.45) is 5.99. The standard InChI is InChI=1S/C35H33ClF3N7O2/c1-20(37)34(47)46-13-12-45(19-24(46)16-40-2)33-26-17-41-31(25-6-3-5-22-8-10-27(38)29(36)28(22)25)30(39)32(26)42-35(43-33)48-14-4-11-44-18-21-7-9-23(44)15-21/h3,5-6,8,10,17,21,23-24H,1,4,7,9,11-16,18-19H2/t21-,23+,24-/m0/s1. The van der Waals surface area contributed by atoms with Crippen molar-refractivity contribution in [3.8, 4) is 17.3 Å². The Balaban J connectivity index is 1.25. The molecule has 13 heteroatoms. The Labute approximate surface area is 280 Å². The summed E-state index contributed by atoms with van der Waals surface area (Å²) in [5, 5.41) is 1.08. The van der Waals surface area contributed by atoms with Crippen molar-refractivity contribution in [1.29, 1.82) is 0 Å². The fourth-order valence-electron chi connectivity index (χ4n) is 7.49. The summed E-state index contributed by atoms with van der Waals surface area (Å²) in [7, 11) is 0. The monoisotopic (exact) mass is 675 g/mol. The first kappa shape index (κ1) is 32.1. The zero-order valence-electron chi connectivity index (χ0n) is 26.1. The summed E-state index contributed by atoms with van der Waals surface area (Å²) in [5.74, 6) is -2.27. The zero-order valence-corrected chi connectivity index (χ0v) is 26.9. The minimum atomic E-state index is -1.10. The first-order valence-electron chi connectivity index (χ1n) is 16.1. The van der Waals surface area contributed by atoms with Gasteiger partial charge in [-0.25, -0.2) is 19.7 Å². The smallest absolute Gasteiger partial charge is 0.319 e. The van der Waals surface area contributed by atoms with E-state index < -0.39 is 29.4 Å². The van der Waals surface area contributed by atoms with Crippen LogP contribution in [0.1, 0.15) is 25.7 Å². The quantitative estimate of drug-likeness (QED) is 0.115. The molecule has 9 nitrogen and oxygen atoms in total. The van der Waals surface area contributed by atoms with Crippen molar-refractivity contribution in [3.05, 3.63) is 77.0 Å². The average Bonchev–Trinajstić information content (AvgIpc) is 3.72. The van der Waals surface area contributed by atoms with Crippen molar-refractivity contribution in [2.45, 2.75) is 37.8 Å².